The van der Waals surface area contributed by atoms with Crippen molar-refractivity contribution in [3.05, 3.63) is 65.6 Å². The van der Waals surface area contributed by atoms with Crippen LogP contribution in [0.25, 0.3) is 10.9 Å². The lowest BCUT2D eigenvalue weighted by atomic mass is 10.1. The van der Waals surface area contributed by atoms with Crippen LogP contribution in [0.1, 0.15) is 28.0 Å². The van der Waals surface area contributed by atoms with Crippen LogP contribution in [0.3, 0.4) is 0 Å². The summed E-state index contributed by atoms with van der Waals surface area (Å²) in [6, 6.07) is 11.7. The SMILES string of the molecule is CN(CCCc1ccc(CN)nc1)CCNC(=O)c1ccc2[nH]ccc2c1. The van der Waals surface area contributed by atoms with Crippen LogP contribution in [0.5, 0.6) is 0 Å². The van der Waals surface area contributed by atoms with Gasteiger partial charge in [-0.1, -0.05) is 6.07 Å². The monoisotopic (exact) mass is 365 g/mol. The van der Waals surface area contributed by atoms with Gasteiger partial charge in [-0.25, -0.2) is 0 Å². The number of hydrogen-bond donors (Lipinski definition) is 3. The highest BCUT2D eigenvalue weighted by Crippen LogP contribution is 2.14. The predicted molar refractivity (Wildman–Crippen MR) is 109 cm³/mol. The molecule has 0 saturated carbocycles. The Balaban J connectivity index is 1.35. The Kier molecular flexibility index (Phi) is 6.57. The molecule has 3 rings (SSSR count). The largest absolute Gasteiger partial charge is 0.361 e. The van der Waals surface area contributed by atoms with E-state index >= 15 is 0 Å². The van der Waals surface area contributed by atoms with Gasteiger partial charge in [0.1, 0.15) is 0 Å². The summed E-state index contributed by atoms with van der Waals surface area (Å²) >= 11 is 0. The van der Waals surface area contributed by atoms with E-state index in [0.29, 0.717) is 18.7 Å². The van der Waals surface area contributed by atoms with Gasteiger partial charge >= 0.3 is 0 Å². The van der Waals surface area contributed by atoms with Gasteiger partial charge in [0, 0.05) is 48.5 Å². The van der Waals surface area contributed by atoms with Crippen LogP contribution >= 0.6 is 0 Å². The zero-order valence-electron chi connectivity index (χ0n) is 15.7. The highest BCUT2D eigenvalue weighted by atomic mass is 16.1. The van der Waals surface area contributed by atoms with Gasteiger partial charge in [0.25, 0.3) is 5.91 Å². The lowest BCUT2D eigenvalue weighted by Gasteiger charge is -2.17. The number of aryl methyl sites for hydroxylation is 1. The number of carbonyl (C=O) groups excluding carboxylic acids is 1. The highest BCUT2D eigenvalue weighted by Gasteiger charge is 2.07. The maximum Gasteiger partial charge on any atom is 0.251 e. The average Bonchev–Trinajstić information content (AvgIpc) is 3.16. The zero-order valence-corrected chi connectivity index (χ0v) is 15.7. The van der Waals surface area contributed by atoms with E-state index < -0.39 is 0 Å². The molecule has 0 aliphatic carbocycles. The van der Waals surface area contributed by atoms with Crippen molar-refractivity contribution in [1.29, 1.82) is 0 Å². The molecule has 6 heteroatoms. The molecule has 0 atom stereocenters. The third kappa shape index (κ3) is 5.39. The second-order valence-corrected chi connectivity index (χ2v) is 6.80. The predicted octanol–water partition coefficient (Wildman–Crippen LogP) is 2.32. The van der Waals surface area contributed by atoms with Crippen molar-refractivity contribution in [2.45, 2.75) is 19.4 Å². The Morgan fingerprint density at radius 3 is 2.89 bits per heavy atom. The van der Waals surface area contributed by atoms with E-state index in [4.69, 9.17) is 5.73 Å². The third-order valence-electron chi connectivity index (χ3n) is 4.69. The van der Waals surface area contributed by atoms with Crippen LogP contribution in [-0.2, 0) is 13.0 Å². The molecule has 27 heavy (non-hydrogen) atoms. The Bertz CT molecular complexity index is 872. The number of H-pyrrole nitrogens is 1. The van der Waals surface area contributed by atoms with E-state index in [2.05, 4.69) is 33.3 Å². The summed E-state index contributed by atoms with van der Waals surface area (Å²) in [5, 5.41) is 4.04. The Morgan fingerprint density at radius 1 is 1.22 bits per heavy atom. The number of aromatic amines is 1. The summed E-state index contributed by atoms with van der Waals surface area (Å²) in [6.07, 6.45) is 5.83. The molecule has 0 aliphatic rings. The Morgan fingerprint density at radius 2 is 2.11 bits per heavy atom. The lowest BCUT2D eigenvalue weighted by molar-refractivity contribution is 0.0950. The minimum atomic E-state index is -0.0300. The molecule has 3 aromatic rings. The number of aromatic nitrogens is 2. The molecule has 0 bridgehead atoms. The minimum Gasteiger partial charge on any atom is -0.361 e. The van der Waals surface area contributed by atoms with E-state index in [-0.39, 0.29) is 5.91 Å². The van der Waals surface area contributed by atoms with Crippen LogP contribution in [0.4, 0.5) is 0 Å². The smallest absolute Gasteiger partial charge is 0.251 e. The second kappa shape index (κ2) is 9.30. The molecule has 2 aromatic heterocycles. The molecule has 1 amide bonds. The Hall–Kier alpha value is -2.70. The first-order valence-electron chi connectivity index (χ1n) is 9.33. The second-order valence-electron chi connectivity index (χ2n) is 6.80. The lowest BCUT2D eigenvalue weighted by Crippen LogP contribution is -2.33. The first kappa shape index (κ1) is 19.1. The number of nitrogens with zero attached hydrogens (tertiary/aromatic N) is 2. The van der Waals surface area contributed by atoms with Gasteiger partial charge in [0.2, 0.25) is 0 Å². The number of pyridine rings is 1. The fourth-order valence-corrected chi connectivity index (χ4v) is 3.05. The Labute approximate surface area is 159 Å². The van der Waals surface area contributed by atoms with E-state index in [1.165, 1.54) is 5.56 Å². The molecule has 0 spiro atoms. The first-order chi connectivity index (χ1) is 13.2. The van der Waals surface area contributed by atoms with Gasteiger partial charge < -0.3 is 20.9 Å². The molecule has 0 radical (unpaired) electrons. The number of hydrogen-bond acceptors (Lipinski definition) is 4. The number of carbonyl (C=O) groups is 1. The highest BCUT2D eigenvalue weighted by molar-refractivity contribution is 5.98. The van der Waals surface area contributed by atoms with E-state index in [9.17, 15) is 4.79 Å². The number of fused-ring (bicyclic) bond motifs is 1. The average molecular weight is 365 g/mol. The van der Waals surface area contributed by atoms with Crippen molar-refractivity contribution in [3.8, 4) is 0 Å². The molecule has 0 fully saturated rings. The quantitative estimate of drug-likeness (QED) is 0.543. The van der Waals surface area contributed by atoms with Gasteiger partial charge in [-0.15, -0.1) is 0 Å². The summed E-state index contributed by atoms with van der Waals surface area (Å²) in [6.45, 7) is 2.91. The molecule has 0 unspecified atom stereocenters. The summed E-state index contributed by atoms with van der Waals surface area (Å²) in [4.78, 5) is 22.0. The number of rotatable bonds is 9. The fourth-order valence-electron chi connectivity index (χ4n) is 3.05. The molecule has 1 aromatic carbocycles. The number of nitrogens with two attached hydrogens (primary N) is 1. The molecule has 6 nitrogen and oxygen atoms in total. The van der Waals surface area contributed by atoms with Crippen molar-refractivity contribution < 1.29 is 4.79 Å². The van der Waals surface area contributed by atoms with E-state index in [1.807, 2.05) is 42.7 Å². The maximum atomic E-state index is 12.3. The summed E-state index contributed by atoms with van der Waals surface area (Å²) in [5.74, 6) is -0.0300. The van der Waals surface area contributed by atoms with Gasteiger partial charge in [0.15, 0.2) is 0 Å². The normalized spacial score (nSPS) is 11.2. The van der Waals surface area contributed by atoms with Crippen LogP contribution < -0.4 is 11.1 Å². The molecule has 0 saturated heterocycles. The van der Waals surface area contributed by atoms with E-state index in [1.54, 1.807) is 0 Å². The maximum absolute atomic E-state index is 12.3. The molecule has 4 N–H and O–H groups in total. The summed E-state index contributed by atoms with van der Waals surface area (Å²) in [5.41, 5.74) is 9.45. The van der Waals surface area contributed by atoms with Crippen molar-refractivity contribution in [2.24, 2.45) is 5.73 Å². The fraction of sp³-hybridized carbons (Fsp3) is 0.333. The van der Waals surface area contributed by atoms with Crippen LogP contribution in [0.2, 0.25) is 0 Å². The van der Waals surface area contributed by atoms with Gasteiger partial charge in [-0.05, 0) is 62.3 Å². The molecule has 0 aliphatic heterocycles. The van der Waals surface area contributed by atoms with Crippen molar-refractivity contribution in [2.75, 3.05) is 26.7 Å². The van der Waals surface area contributed by atoms with Crippen molar-refractivity contribution >= 4 is 16.8 Å². The molecular weight excluding hydrogens is 338 g/mol. The summed E-state index contributed by atoms with van der Waals surface area (Å²) in [7, 11) is 2.08. The zero-order chi connectivity index (χ0) is 19.1. The first-order valence-corrected chi connectivity index (χ1v) is 9.33. The van der Waals surface area contributed by atoms with E-state index in [0.717, 1.165) is 42.5 Å². The van der Waals surface area contributed by atoms with Gasteiger partial charge in [-0.3, -0.25) is 9.78 Å². The topological polar surface area (TPSA) is 87.0 Å². The number of nitrogens with one attached hydrogen (secondary N) is 2. The van der Waals surface area contributed by atoms with Crippen molar-refractivity contribution in [1.82, 2.24) is 20.2 Å². The van der Waals surface area contributed by atoms with Crippen LogP contribution in [0.15, 0.2) is 48.8 Å². The number of benzene rings is 1. The minimum absolute atomic E-state index is 0.0300. The standard InChI is InChI=1S/C21H27N5O/c1-26(11-2-3-16-4-6-19(14-22)25-15-16)12-10-24-21(27)18-5-7-20-17(13-18)8-9-23-20/h4-9,13,15,23H,2-3,10-12,14,22H2,1H3,(H,24,27). The third-order valence-corrected chi connectivity index (χ3v) is 4.69. The number of amides is 1. The summed E-state index contributed by atoms with van der Waals surface area (Å²) < 4.78 is 0. The molecule has 2 heterocycles. The van der Waals surface area contributed by atoms with Crippen LogP contribution in [0, 0.1) is 0 Å². The number of likely N-dealkylation sites (N-methyl/N-ethyl adjacent to an activating group) is 1. The molecule has 142 valence electrons. The van der Waals surface area contributed by atoms with Crippen LogP contribution in [-0.4, -0.2) is 47.5 Å². The molecular formula is C21H27N5O. The van der Waals surface area contributed by atoms with Crippen molar-refractivity contribution in [3.63, 3.8) is 0 Å². The van der Waals surface area contributed by atoms with Gasteiger partial charge in [0.05, 0.1) is 5.69 Å². The van der Waals surface area contributed by atoms with Gasteiger partial charge in [-0.2, -0.15) is 0 Å².